The highest BCUT2D eigenvalue weighted by Crippen LogP contribution is 2.43. The number of hydrogen-bond acceptors (Lipinski definition) is 6. The average Bonchev–Trinajstić information content (AvgIpc) is 2.50. The van der Waals surface area contributed by atoms with Crippen LogP contribution in [-0.4, -0.2) is 34.3 Å². The summed E-state index contributed by atoms with van der Waals surface area (Å²) in [7, 11) is 1.35. The van der Waals surface area contributed by atoms with E-state index < -0.39 is 18.0 Å². The van der Waals surface area contributed by atoms with Gasteiger partial charge in [0.25, 0.3) is 0 Å². The van der Waals surface area contributed by atoms with Crippen LogP contribution in [0.25, 0.3) is 0 Å². The molecular formula is C16H14O6. The maximum Gasteiger partial charge on any atom is 0.202 e. The van der Waals surface area contributed by atoms with Crippen LogP contribution in [0.3, 0.4) is 0 Å². The molecule has 1 aliphatic heterocycles. The van der Waals surface area contributed by atoms with Crippen LogP contribution in [0.5, 0.6) is 23.0 Å². The second kappa shape index (κ2) is 5.23. The number of ether oxygens (including phenoxy) is 2. The Labute approximate surface area is 126 Å². The van der Waals surface area contributed by atoms with Crippen molar-refractivity contribution in [1.29, 1.82) is 0 Å². The largest absolute Gasteiger partial charge is 0.508 e. The average molecular weight is 302 g/mol. The van der Waals surface area contributed by atoms with E-state index in [1.807, 2.05) is 0 Å². The van der Waals surface area contributed by atoms with E-state index in [1.54, 1.807) is 18.2 Å². The first kappa shape index (κ1) is 14.2. The number of carbonyl (C=O) groups is 1. The normalized spacial score (nSPS) is 20.2. The predicted octanol–water partition coefficient (Wildman–Crippen LogP) is 1.78. The molecule has 1 heterocycles. The molecule has 114 valence electrons. The van der Waals surface area contributed by atoms with Crippen molar-refractivity contribution in [2.75, 3.05) is 7.11 Å². The molecule has 2 atom stereocenters. The van der Waals surface area contributed by atoms with Gasteiger partial charge in [-0.1, -0.05) is 18.2 Å². The number of rotatable bonds is 2. The van der Waals surface area contributed by atoms with Gasteiger partial charge in [-0.25, -0.2) is 0 Å². The Morgan fingerprint density at radius 2 is 1.91 bits per heavy atom. The van der Waals surface area contributed by atoms with Crippen molar-refractivity contribution in [2.45, 2.75) is 12.2 Å². The number of aromatic hydroxyl groups is 2. The Hall–Kier alpha value is -2.73. The van der Waals surface area contributed by atoms with E-state index in [2.05, 4.69) is 0 Å². The molecule has 3 N–H and O–H groups in total. The fraction of sp³-hybridized carbons (Fsp3) is 0.188. The van der Waals surface area contributed by atoms with Gasteiger partial charge in [-0.2, -0.15) is 0 Å². The minimum absolute atomic E-state index is 0.0690. The Balaban J connectivity index is 2.12. The van der Waals surface area contributed by atoms with Gasteiger partial charge < -0.3 is 24.8 Å². The van der Waals surface area contributed by atoms with E-state index >= 15 is 0 Å². The summed E-state index contributed by atoms with van der Waals surface area (Å²) in [4.78, 5) is 12.4. The number of aliphatic hydroxyl groups is 1. The maximum atomic E-state index is 12.4. The molecule has 0 saturated carbocycles. The Morgan fingerprint density at radius 1 is 1.18 bits per heavy atom. The van der Waals surface area contributed by atoms with E-state index in [-0.39, 0.29) is 34.1 Å². The molecule has 0 aliphatic carbocycles. The molecule has 0 spiro atoms. The molecule has 1 aliphatic rings. The van der Waals surface area contributed by atoms with Crippen molar-refractivity contribution >= 4 is 5.78 Å². The Kier molecular flexibility index (Phi) is 3.38. The lowest BCUT2D eigenvalue weighted by molar-refractivity contribution is 0.0203. The highest BCUT2D eigenvalue weighted by atomic mass is 16.5. The van der Waals surface area contributed by atoms with Crippen LogP contribution in [0.4, 0.5) is 0 Å². The third kappa shape index (κ3) is 2.14. The monoisotopic (exact) mass is 302 g/mol. The first-order valence-electron chi connectivity index (χ1n) is 6.60. The van der Waals surface area contributed by atoms with Crippen LogP contribution in [0.1, 0.15) is 22.0 Å². The van der Waals surface area contributed by atoms with Gasteiger partial charge in [0.15, 0.2) is 12.2 Å². The van der Waals surface area contributed by atoms with E-state index in [0.29, 0.717) is 0 Å². The zero-order chi connectivity index (χ0) is 15.9. The van der Waals surface area contributed by atoms with Crippen LogP contribution >= 0.6 is 0 Å². The van der Waals surface area contributed by atoms with E-state index in [0.717, 1.165) is 0 Å². The van der Waals surface area contributed by atoms with Gasteiger partial charge in [-0.3, -0.25) is 4.79 Å². The van der Waals surface area contributed by atoms with Crippen LogP contribution in [-0.2, 0) is 0 Å². The summed E-state index contributed by atoms with van der Waals surface area (Å²) < 4.78 is 10.7. The van der Waals surface area contributed by atoms with Gasteiger partial charge >= 0.3 is 0 Å². The standard InChI is InChI=1S/C16H14O6/c1-21-11-6-8(17)7-12-13(11)14(19)15(20)16(22-12)9-4-2-3-5-10(9)18/h2-7,15-18,20H,1H3. The summed E-state index contributed by atoms with van der Waals surface area (Å²) in [6.45, 7) is 0. The maximum absolute atomic E-state index is 12.4. The fourth-order valence-electron chi connectivity index (χ4n) is 2.52. The summed E-state index contributed by atoms with van der Waals surface area (Å²) in [5.41, 5.74) is 0.357. The highest BCUT2D eigenvalue weighted by Gasteiger charge is 2.40. The first-order valence-corrected chi connectivity index (χ1v) is 6.60. The molecule has 0 radical (unpaired) electrons. The molecule has 2 aromatic rings. The molecule has 3 rings (SSSR count). The molecule has 0 amide bonds. The molecule has 0 aromatic heterocycles. The molecule has 2 unspecified atom stereocenters. The van der Waals surface area contributed by atoms with Crippen LogP contribution in [0, 0.1) is 0 Å². The molecule has 22 heavy (non-hydrogen) atoms. The number of Topliss-reactive ketones (excluding diaryl/α,β-unsaturated/α-hetero) is 1. The smallest absolute Gasteiger partial charge is 0.202 e. The zero-order valence-corrected chi connectivity index (χ0v) is 11.7. The number of phenolic OH excluding ortho intramolecular Hbond substituents is 2. The van der Waals surface area contributed by atoms with E-state index in [9.17, 15) is 20.1 Å². The topological polar surface area (TPSA) is 96.2 Å². The number of para-hydroxylation sites is 1. The summed E-state index contributed by atoms with van der Waals surface area (Å²) in [6.07, 6.45) is -2.55. The SMILES string of the molecule is COc1cc(O)cc2c1C(=O)C(O)C(c1ccccc1O)O2. The summed E-state index contributed by atoms with van der Waals surface area (Å²) >= 11 is 0. The Bertz CT molecular complexity index is 739. The number of fused-ring (bicyclic) bond motifs is 1. The second-order valence-corrected chi connectivity index (χ2v) is 4.93. The van der Waals surface area contributed by atoms with Crippen LogP contribution in [0.15, 0.2) is 36.4 Å². The molecule has 2 aromatic carbocycles. The third-order valence-electron chi connectivity index (χ3n) is 3.57. The lowest BCUT2D eigenvalue weighted by Gasteiger charge is -2.30. The van der Waals surface area contributed by atoms with Crippen molar-refractivity contribution in [3.05, 3.63) is 47.5 Å². The van der Waals surface area contributed by atoms with Gasteiger partial charge in [0.1, 0.15) is 28.6 Å². The minimum atomic E-state index is -1.49. The Morgan fingerprint density at radius 3 is 2.59 bits per heavy atom. The van der Waals surface area contributed by atoms with Gasteiger partial charge in [0.05, 0.1) is 7.11 Å². The van der Waals surface area contributed by atoms with Crippen molar-refractivity contribution in [2.24, 2.45) is 0 Å². The molecule has 0 fully saturated rings. The summed E-state index contributed by atoms with van der Waals surface area (Å²) in [5.74, 6) is -0.590. The second-order valence-electron chi connectivity index (χ2n) is 4.93. The molecule has 0 saturated heterocycles. The van der Waals surface area contributed by atoms with Crippen LogP contribution in [0.2, 0.25) is 0 Å². The number of aliphatic hydroxyl groups excluding tert-OH is 1. The van der Waals surface area contributed by atoms with Crippen LogP contribution < -0.4 is 9.47 Å². The molecular weight excluding hydrogens is 288 g/mol. The number of hydrogen-bond donors (Lipinski definition) is 3. The first-order chi connectivity index (χ1) is 10.5. The lowest BCUT2D eigenvalue weighted by atomic mass is 9.92. The van der Waals surface area contributed by atoms with Gasteiger partial charge in [0, 0.05) is 17.7 Å². The fourth-order valence-corrected chi connectivity index (χ4v) is 2.52. The number of benzene rings is 2. The van der Waals surface area contributed by atoms with Gasteiger partial charge in [-0.15, -0.1) is 0 Å². The molecule has 6 nitrogen and oxygen atoms in total. The summed E-state index contributed by atoms with van der Waals surface area (Å²) in [6, 6.07) is 8.82. The van der Waals surface area contributed by atoms with E-state index in [1.165, 1.54) is 25.3 Å². The zero-order valence-electron chi connectivity index (χ0n) is 11.7. The van der Waals surface area contributed by atoms with Gasteiger partial charge in [-0.05, 0) is 6.07 Å². The lowest BCUT2D eigenvalue weighted by Crippen LogP contribution is -2.36. The van der Waals surface area contributed by atoms with Gasteiger partial charge in [0.2, 0.25) is 5.78 Å². The quantitative estimate of drug-likeness (QED) is 0.782. The highest BCUT2D eigenvalue weighted by molar-refractivity contribution is 6.05. The predicted molar refractivity (Wildman–Crippen MR) is 76.5 cm³/mol. The third-order valence-corrected chi connectivity index (χ3v) is 3.57. The van der Waals surface area contributed by atoms with Crippen molar-refractivity contribution in [3.63, 3.8) is 0 Å². The number of ketones is 1. The minimum Gasteiger partial charge on any atom is -0.508 e. The van der Waals surface area contributed by atoms with Crippen molar-refractivity contribution in [1.82, 2.24) is 0 Å². The number of methoxy groups -OCH3 is 1. The van der Waals surface area contributed by atoms with Crippen molar-refractivity contribution < 1.29 is 29.6 Å². The molecule has 6 heteroatoms. The van der Waals surface area contributed by atoms with Crippen molar-refractivity contribution in [3.8, 4) is 23.0 Å². The number of phenols is 2. The number of carbonyl (C=O) groups excluding carboxylic acids is 1. The van der Waals surface area contributed by atoms with E-state index in [4.69, 9.17) is 9.47 Å². The summed E-state index contributed by atoms with van der Waals surface area (Å²) in [5, 5.41) is 29.8. The molecule has 0 bridgehead atoms.